The molecule has 0 saturated carbocycles. The Morgan fingerprint density at radius 2 is 1.90 bits per heavy atom. The van der Waals surface area contributed by atoms with Gasteiger partial charge < -0.3 is 15.3 Å². The molecule has 1 aliphatic heterocycles. The standard InChI is InChI=1S/C13H12Cl2N4O/c14-11-5-16-13(15)18-12(11)17-8-1-3-9(4-2-8)19-6-10(20)7-19/h1-5,10,20H,6-7H2,(H,16,17,18). The van der Waals surface area contributed by atoms with Crippen LogP contribution in [0.15, 0.2) is 30.5 Å². The number of hydrogen-bond acceptors (Lipinski definition) is 5. The molecule has 0 unspecified atom stereocenters. The smallest absolute Gasteiger partial charge is 0.224 e. The molecule has 20 heavy (non-hydrogen) atoms. The number of halogens is 2. The summed E-state index contributed by atoms with van der Waals surface area (Å²) in [7, 11) is 0. The molecule has 1 aromatic heterocycles. The lowest BCUT2D eigenvalue weighted by Gasteiger charge is -2.37. The van der Waals surface area contributed by atoms with Crippen molar-refractivity contribution in [2.24, 2.45) is 0 Å². The summed E-state index contributed by atoms with van der Waals surface area (Å²) in [6.07, 6.45) is 1.24. The first-order valence-electron chi connectivity index (χ1n) is 6.10. The van der Waals surface area contributed by atoms with Gasteiger partial charge in [0.25, 0.3) is 0 Å². The summed E-state index contributed by atoms with van der Waals surface area (Å²) in [5, 5.41) is 12.9. The Morgan fingerprint density at radius 3 is 2.55 bits per heavy atom. The second kappa shape index (κ2) is 5.44. The fourth-order valence-electron chi connectivity index (χ4n) is 1.99. The van der Waals surface area contributed by atoms with Gasteiger partial charge in [-0.05, 0) is 35.9 Å². The van der Waals surface area contributed by atoms with Crippen molar-refractivity contribution in [2.75, 3.05) is 23.3 Å². The topological polar surface area (TPSA) is 61.3 Å². The molecular formula is C13H12Cl2N4O. The van der Waals surface area contributed by atoms with Crippen LogP contribution in [0.4, 0.5) is 17.2 Å². The van der Waals surface area contributed by atoms with Gasteiger partial charge in [0.05, 0.1) is 12.3 Å². The van der Waals surface area contributed by atoms with Gasteiger partial charge >= 0.3 is 0 Å². The largest absolute Gasteiger partial charge is 0.389 e. The molecule has 0 amide bonds. The third kappa shape index (κ3) is 2.80. The number of hydrogen-bond donors (Lipinski definition) is 2. The summed E-state index contributed by atoms with van der Waals surface area (Å²) >= 11 is 11.7. The number of aromatic nitrogens is 2. The van der Waals surface area contributed by atoms with Crippen LogP contribution in [0.1, 0.15) is 0 Å². The average Bonchev–Trinajstić information content (AvgIpc) is 2.41. The lowest BCUT2D eigenvalue weighted by molar-refractivity contribution is 0.142. The average molecular weight is 311 g/mol. The minimum atomic E-state index is -0.213. The second-order valence-electron chi connectivity index (χ2n) is 4.57. The van der Waals surface area contributed by atoms with Crippen LogP contribution in [0.5, 0.6) is 0 Å². The van der Waals surface area contributed by atoms with Gasteiger partial charge in [0, 0.05) is 24.5 Å². The van der Waals surface area contributed by atoms with Crippen LogP contribution in [0, 0.1) is 0 Å². The molecule has 3 rings (SSSR count). The number of β-amino-alcohol motifs (C(OH)–C–C–N with tert-alkyl or cyclic N) is 1. The third-order valence-corrected chi connectivity index (χ3v) is 3.53. The van der Waals surface area contributed by atoms with E-state index >= 15 is 0 Å². The van der Waals surface area contributed by atoms with Gasteiger partial charge in [-0.3, -0.25) is 0 Å². The molecular weight excluding hydrogens is 299 g/mol. The Balaban J connectivity index is 1.73. The van der Waals surface area contributed by atoms with Crippen LogP contribution in [0.25, 0.3) is 0 Å². The Morgan fingerprint density at radius 1 is 1.20 bits per heavy atom. The molecule has 1 aromatic carbocycles. The Hall–Kier alpha value is -1.56. The van der Waals surface area contributed by atoms with Crippen LogP contribution in [-0.4, -0.2) is 34.3 Å². The van der Waals surface area contributed by atoms with Crippen LogP contribution < -0.4 is 10.2 Å². The quantitative estimate of drug-likeness (QED) is 0.854. The van der Waals surface area contributed by atoms with Crippen LogP contribution in [0.2, 0.25) is 10.3 Å². The summed E-state index contributed by atoms with van der Waals surface area (Å²) in [5.41, 5.74) is 1.93. The molecule has 2 aromatic rings. The number of benzene rings is 1. The van der Waals surface area contributed by atoms with Gasteiger partial charge in [-0.15, -0.1) is 0 Å². The number of aliphatic hydroxyl groups is 1. The molecule has 5 nitrogen and oxygen atoms in total. The molecule has 1 fully saturated rings. The van der Waals surface area contributed by atoms with Gasteiger partial charge in [-0.1, -0.05) is 11.6 Å². The maximum atomic E-state index is 9.29. The highest BCUT2D eigenvalue weighted by Gasteiger charge is 2.24. The number of anilines is 3. The van der Waals surface area contributed by atoms with Gasteiger partial charge in [-0.2, -0.15) is 4.98 Å². The van der Waals surface area contributed by atoms with E-state index in [-0.39, 0.29) is 11.4 Å². The zero-order valence-corrected chi connectivity index (χ0v) is 11.9. The number of nitrogens with zero attached hydrogens (tertiary/aromatic N) is 3. The van der Waals surface area contributed by atoms with Gasteiger partial charge in [0.1, 0.15) is 5.02 Å². The third-order valence-electron chi connectivity index (χ3n) is 3.07. The van der Waals surface area contributed by atoms with E-state index in [4.69, 9.17) is 23.2 Å². The zero-order chi connectivity index (χ0) is 14.1. The van der Waals surface area contributed by atoms with Gasteiger partial charge in [0.2, 0.25) is 5.28 Å². The van der Waals surface area contributed by atoms with E-state index in [1.165, 1.54) is 6.20 Å². The predicted octanol–water partition coefficient (Wildman–Crippen LogP) is 2.71. The molecule has 0 aliphatic carbocycles. The van der Waals surface area contributed by atoms with Gasteiger partial charge in [0.15, 0.2) is 5.82 Å². The summed E-state index contributed by atoms with van der Waals surface area (Å²) in [6.45, 7) is 1.36. The summed E-state index contributed by atoms with van der Waals surface area (Å²) in [5.74, 6) is 0.471. The van der Waals surface area contributed by atoms with Crippen LogP contribution in [-0.2, 0) is 0 Å². The lowest BCUT2D eigenvalue weighted by atomic mass is 10.1. The molecule has 0 spiro atoms. The maximum absolute atomic E-state index is 9.29. The molecule has 7 heteroatoms. The molecule has 0 atom stereocenters. The van der Waals surface area contributed by atoms with Gasteiger partial charge in [-0.25, -0.2) is 4.98 Å². The van der Waals surface area contributed by atoms with Crippen molar-refractivity contribution in [3.63, 3.8) is 0 Å². The van der Waals surface area contributed by atoms with Crippen LogP contribution in [0.3, 0.4) is 0 Å². The van der Waals surface area contributed by atoms with Crippen molar-refractivity contribution >= 4 is 40.4 Å². The summed E-state index contributed by atoms with van der Waals surface area (Å²) in [6, 6.07) is 7.80. The fraction of sp³-hybridized carbons (Fsp3) is 0.231. The molecule has 0 bridgehead atoms. The monoisotopic (exact) mass is 310 g/mol. The summed E-state index contributed by atoms with van der Waals surface area (Å²) in [4.78, 5) is 9.93. The fourth-order valence-corrected chi connectivity index (χ4v) is 2.26. The van der Waals surface area contributed by atoms with Crippen molar-refractivity contribution < 1.29 is 5.11 Å². The first-order valence-corrected chi connectivity index (χ1v) is 6.85. The van der Waals surface area contributed by atoms with E-state index in [0.717, 1.165) is 11.4 Å². The van der Waals surface area contributed by atoms with E-state index in [0.29, 0.717) is 23.9 Å². The highest BCUT2D eigenvalue weighted by molar-refractivity contribution is 6.33. The Kier molecular flexibility index (Phi) is 3.65. The van der Waals surface area contributed by atoms with E-state index in [1.54, 1.807) is 0 Å². The molecule has 1 aliphatic rings. The molecule has 2 heterocycles. The minimum Gasteiger partial charge on any atom is -0.389 e. The molecule has 0 radical (unpaired) electrons. The maximum Gasteiger partial charge on any atom is 0.224 e. The van der Waals surface area contributed by atoms with Crippen molar-refractivity contribution in [3.05, 3.63) is 40.8 Å². The van der Waals surface area contributed by atoms with E-state index in [1.807, 2.05) is 24.3 Å². The molecule has 104 valence electrons. The Bertz CT molecular complexity index is 614. The first kappa shape index (κ1) is 13.4. The highest BCUT2D eigenvalue weighted by atomic mass is 35.5. The van der Waals surface area contributed by atoms with Crippen molar-refractivity contribution in [1.29, 1.82) is 0 Å². The summed E-state index contributed by atoms with van der Waals surface area (Å²) < 4.78 is 0. The predicted molar refractivity (Wildman–Crippen MR) is 80.0 cm³/mol. The SMILES string of the molecule is OC1CN(c2ccc(Nc3nc(Cl)ncc3Cl)cc2)C1. The molecule has 2 N–H and O–H groups in total. The normalized spacial score (nSPS) is 15.1. The van der Waals surface area contributed by atoms with Crippen LogP contribution >= 0.6 is 23.2 Å². The number of rotatable bonds is 3. The number of aliphatic hydroxyl groups excluding tert-OH is 1. The second-order valence-corrected chi connectivity index (χ2v) is 5.31. The van der Waals surface area contributed by atoms with Crippen molar-refractivity contribution in [1.82, 2.24) is 9.97 Å². The minimum absolute atomic E-state index is 0.142. The van der Waals surface area contributed by atoms with Crippen molar-refractivity contribution in [3.8, 4) is 0 Å². The van der Waals surface area contributed by atoms with E-state index in [2.05, 4.69) is 20.2 Å². The van der Waals surface area contributed by atoms with E-state index < -0.39 is 0 Å². The zero-order valence-electron chi connectivity index (χ0n) is 10.4. The number of nitrogens with one attached hydrogen (secondary N) is 1. The first-order chi connectivity index (χ1) is 9.61. The highest BCUT2D eigenvalue weighted by Crippen LogP contribution is 2.26. The molecule has 1 saturated heterocycles. The van der Waals surface area contributed by atoms with E-state index in [9.17, 15) is 5.11 Å². The lowest BCUT2D eigenvalue weighted by Crippen LogP contribution is -2.50. The van der Waals surface area contributed by atoms with Crippen molar-refractivity contribution in [2.45, 2.75) is 6.10 Å². The Labute approximate surface area is 126 Å².